The first kappa shape index (κ1) is 17.4. The molecule has 1 saturated heterocycles. The fraction of sp³-hybridized carbons (Fsp3) is 0.625. The van der Waals surface area contributed by atoms with Crippen LogP contribution in [0.1, 0.15) is 51.0 Å². The molecule has 136 valence electrons. The van der Waals surface area contributed by atoms with Gasteiger partial charge in [0.05, 0.1) is 5.69 Å². The first-order valence-electron chi connectivity index (χ1n) is 8.66. The van der Waals surface area contributed by atoms with Gasteiger partial charge >= 0.3 is 11.8 Å². The van der Waals surface area contributed by atoms with Gasteiger partial charge in [0.2, 0.25) is 5.91 Å². The Kier molecular flexibility index (Phi) is 5.03. The number of hydrogen-bond donors (Lipinski definition) is 4. The Balaban J connectivity index is 1.68. The number of hydrogen-bond acceptors (Lipinski definition) is 5. The second-order valence-corrected chi connectivity index (χ2v) is 6.77. The number of anilines is 1. The average molecular weight is 348 g/mol. The highest BCUT2D eigenvalue weighted by atomic mass is 16.2. The van der Waals surface area contributed by atoms with E-state index in [1.165, 1.54) is 4.68 Å². The average Bonchev–Trinajstić information content (AvgIpc) is 3.16. The quantitative estimate of drug-likeness (QED) is 0.580. The van der Waals surface area contributed by atoms with E-state index in [9.17, 15) is 14.4 Å². The number of aryl methyl sites for hydroxylation is 1. The summed E-state index contributed by atoms with van der Waals surface area (Å²) in [5.74, 6) is -1.12. The fourth-order valence-corrected chi connectivity index (χ4v) is 3.29. The Morgan fingerprint density at radius 1 is 1.28 bits per heavy atom. The molecule has 0 bridgehead atoms. The molecule has 1 aliphatic carbocycles. The smallest absolute Gasteiger partial charge is 0.314 e. The maximum Gasteiger partial charge on any atom is 0.314 e. The molecule has 25 heavy (non-hydrogen) atoms. The van der Waals surface area contributed by atoms with Crippen LogP contribution in [0.3, 0.4) is 0 Å². The minimum Gasteiger partial charge on any atom is -0.345 e. The van der Waals surface area contributed by atoms with Gasteiger partial charge < -0.3 is 16.0 Å². The molecular weight excluding hydrogens is 324 g/mol. The van der Waals surface area contributed by atoms with Crippen LogP contribution in [0.5, 0.6) is 0 Å². The summed E-state index contributed by atoms with van der Waals surface area (Å²) in [6, 6.07) is 1.72. The van der Waals surface area contributed by atoms with Gasteiger partial charge in [-0.2, -0.15) is 5.10 Å². The highest BCUT2D eigenvalue weighted by molar-refractivity contribution is 6.39. The second kappa shape index (κ2) is 7.22. The molecular formula is C16H24N6O3. The zero-order valence-corrected chi connectivity index (χ0v) is 14.5. The minimum absolute atomic E-state index is 0.0162. The van der Waals surface area contributed by atoms with Crippen molar-refractivity contribution in [2.75, 3.05) is 5.32 Å². The SMILES string of the molecule is Cc1cc(NC(=O)C(=O)NC2CCCC2)n(C2NC(=O)CC(C)N2)n1. The van der Waals surface area contributed by atoms with Crippen LogP contribution in [0.25, 0.3) is 0 Å². The molecule has 4 N–H and O–H groups in total. The van der Waals surface area contributed by atoms with E-state index in [1.54, 1.807) is 13.0 Å². The van der Waals surface area contributed by atoms with E-state index in [1.807, 2.05) is 6.92 Å². The maximum absolute atomic E-state index is 12.2. The third kappa shape index (κ3) is 4.16. The molecule has 1 saturated carbocycles. The van der Waals surface area contributed by atoms with Crippen molar-refractivity contribution >= 4 is 23.5 Å². The second-order valence-electron chi connectivity index (χ2n) is 6.77. The number of carbonyl (C=O) groups is 3. The van der Waals surface area contributed by atoms with Gasteiger partial charge in [-0.05, 0) is 26.7 Å². The molecule has 3 rings (SSSR count). The standard InChI is InChI=1S/C16H24N6O3/c1-9-8-13(23)20-16(17-9)22-12(7-10(2)21-22)19-15(25)14(24)18-11-5-3-4-6-11/h7,9,11,16-17H,3-6,8H2,1-2H3,(H,18,24)(H,19,25)(H,20,23). The summed E-state index contributed by atoms with van der Waals surface area (Å²) >= 11 is 0. The molecule has 3 amide bonds. The Bertz CT molecular complexity index is 679. The van der Waals surface area contributed by atoms with Crippen molar-refractivity contribution in [1.82, 2.24) is 25.7 Å². The lowest BCUT2D eigenvalue weighted by Gasteiger charge is -2.30. The zero-order valence-electron chi connectivity index (χ0n) is 14.5. The Morgan fingerprint density at radius 2 is 2.00 bits per heavy atom. The molecule has 1 aromatic rings. The summed E-state index contributed by atoms with van der Waals surface area (Å²) in [6.45, 7) is 3.67. The van der Waals surface area contributed by atoms with Crippen molar-refractivity contribution in [3.8, 4) is 0 Å². The van der Waals surface area contributed by atoms with Gasteiger partial charge in [0.15, 0.2) is 6.29 Å². The van der Waals surface area contributed by atoms with E-state index >= 15 is 0 Å². The molecule has 9 heteroatoms. The minimum atomic E-state index is -0.733. The summed E-state index contributed by atoms with van der Waals surface area (Å²) in [5, 5.41) is 15.6. The van der Waals surface area contributed by atoms with Crippen molar-refractivity contribution < 1.29 is 14.4 Å². The lowest BCUT2D eigenvalue weighted by Crippen LogP contribution is -2.52. The van der Waals surface area contributed by atoms with Crippen LogP contribution in [0, 0.1) is 6.92 Å². The van der Waals surface area contributed by atoms with Gasteiger partial charge in [0.25, 0.3) is 0 Å². The monoisotopic (exact) mass is 348 g/mol. The fourth-order valence-electron chi connectivity index (χ4n) is 3.29. The predicted octanol–water partition coefficient (Wildman–Crippen LogP) is 0.143. The molecule has 0 spiro atoms. The molecule has 1 aliphatic heterocycles. The van der Waals surface area contributed by atoms with Crippen molar-refractivity contribution in [1.29, 1.82) is 0 Å². The normalized spacial score (nSPS) is 24.0. The van der Waals surface area contributed by atoms with Crippen molar-refractivity contribution in [2.24, 2.45) is 0 Å². The van der Waals surface area contributed by atoms with Crippen molar-refractivity contribution in [3.63, 3.8) is 0 Å². The van der Waals surface area contributed by atoms with E-state index in [-0.39, 0.29) is 18.0 Å². The van der Waals surface area contributed by atoms with E-state index in [0.717, 1.165) is 25.7 Å². The number of nitrogens with one attached hydrogen (secondary N) is 4. The third-order valence-electron chi connectivity index (χ3n) is 4.47. The number of carbonyl (C=O) groups excluding carboxylic acids is 3. The van der Waals surface area contributed by atoms with Crippen LogP contribution in [-0.4, -0.2) is 39.6 Å². The van der Waals surface area contributed by atoms with Crippen LogP contribution in [0.2, 0.25) is 0 Å². The summed E-state index contributed by atoms with van der Waals surface area (Å²) in [6.07, 6.45) is 3.77. The topological polar surface area (TPSA) is 117 Å². The Labute approximate surface area is 145 Å². The van der Waals surface area contributed by atoms with Gasteiger partial charge in [-0.3, -0.25) is 19.7 Å². The van der Waals surface area contributed by atoms with E-state index in [0.29, 0.717) is 17.9 Å². The van der Waals surface area contributed by atoms with Gasteiger partial charge in [-0.25, -0.2) is 4.68 Å². The summed E-state index contributed by atoms with van der Waals surface area (Å²) in [4.78, 5) is 36.0. The van der Waals surface area contributed by atoms with E-state index in [2.05, 4.69) is 26.4 Å². The lowest BCUT2D eigenvalue weighted by atomic mass is 10.2. The molecule has 0 radical (unpaired) electrons. The molecule has 2 atom stereocenters. The summed E-state index contributed by atoms with van der Waals surface area (Å²) in [5.41, 5.74) is 0.667. The number of amides is 3. The van der Waals surface area contributed by atoms with Crippen LogP contribution in [0.4, 0.5) is 5.82 Å². The Hall–Kier alpha value is -2.42. The number of nitrogens with zero attached hydrogens (tertiary/aromatic N) is 2. The van der Waals surface area contributed by atoms with Gasteiger partial charge in [0, 0.05) is 24.6 Å². The highest BCUT2D eigenvalue weighted by Gasteiger charge is 2.28. The summed E-state index contributed by atoms with van der Waals surface area (Å²) in [7, 11) is 0. The van der Waals surface area contributed by atoms with Crippen LogP contribution >= 0.6 is 0 Å². The Morgan fingerprint density at radius 3 is 2.68 bits per heavy atom. The summed E-state index contributed by atoms with van der Waals surface area (Å²) < 4.78 is 1.48. The molecule has 0 aromatic carbocycles. The largest absolute Gasteiger partial charge is 0.345 e. The molecule has 1 aromatic heterocycles. The molecule has 2 fully saturated rings. The molecule has 2 unspecified atom stereocenters. The van der Waals surface area contributed by atoms with Crippen molar-refractivity contribution in [3.05, 3.63) is 11.8 Å². The van der Waals surface area contributed by atoms with E-state index < -0.39 is 18.1 Å². The predicted molar refractivity (Wildman–Crippen MR) is 90.4 cm³/mol. The maximum atomic E-state index is 12.2. The van der Waals surface area contributed by atoms with Crippen LogP contribution in [-0.2, 0) is 14.4 Å². The van der Waals surface area contributed by atoms with Crippen molar-refractivity contribution in [2.45, 2.75) is 64.3 Å². The van der Waals surface area contributed by atoms with Crippen LogP contribution in [0.15, 0.2) is 6.07 Å². The highest BCUT2D eigenvalue weighted by Crippen LogP contribution is 2.19. The molecule has 9 nitrogen and oxygen atoms in total. The van der Waals surface area contributed by atoms with Gasteiger partial charge in [-0.15, -0.1) is 0 Å². The molecule has 2 aliphatic rings. The van der Waals surface area contributed by atoms with Crippen LogP contribution < -0.4 is 21.3 Å². The molecule has 2 heterocycles. The van der Waals surface area contributed by atoms with Gasteiger partial charge in [-0.1, -0.05) is 12.8 Å². The van der Waals surface area contributed by atoms with E-state index in [4.69, 9.17) is 0 Å². The number of aromatic nitrogens is 2. The zero-order chi connectivity index (χ0) is 18.0. The number of rotatable bonds is 3. The van der Waals surface area contributed by atoms with Gasteiger partial charge in [0.1, 0.15) is 5.82 Å². The first-order chi connectivity index (χ1) is 11.9. The lowest BCUT2D eigenvalue weighted by molar-refractivity contribution is -0.136. The first-order valence-corrected chi connectivity index (χ1v) is 8.66. The third-order valence-corrected chi connectivity index (χ3v) is 4.47.